The van der Waals surface area contributed by atoms with Crippen molar-refractivity contribution in [2.24, 2.45) is 22.7 Å². The van der Waals surface area contributed by atoms with Gasteiger partial charge >= 0.3 is 0 Å². The Morgan fingerprint density at radius 3 is 2.78 bits per heavy atom. The number of ether oxygens (including phenoxy) is 2. The number of hydrogen-bond acceptors (Lipinski definition) is 7. The zero-order valence-electron chi connectivity index (χ0n) is 20.9. The average Bonchev–Trinajstić information content (AvgIpc) is 3.40. The Balaban J connectivity index is 0.00000294. The van der Waals surface area contributed by atoms with E-state index in [0.29, 0.717) is 31.1 Å². The monoisotopic (exact) mass is 502 g/mol. The molecule has 3 saturated heterocycles. The number of imide groups is 1. The number of rotatable bonds is 4. The summed E-state index contributed by atoms with van der Waals surface area (Å²) < 4.78 is 10.8. The lowest BCUT2D eigenvalue weighted by Crippen LogP contribution is -2.45. The summed E-state index contributed by atoms with van der Waals surface area (Å²) in [7, 11) is 1.58. The molecule has 3 amide bonds. The molecular weight excluding hydrogens is 472 g/mol. The first kappa shape index (κ1) is 23.5. The molecule has 0 bridgehead atoms. The summed E-state index contributed by atoms with van der Waals surface area (Å²) in [6.45, 7) is 9.18. The summed E-state index contributed by atoms with van der Waals surface area (Å²) in [6, 6.07) is 1.92. The van der Waals surface area contributed by atoms with Crippen LogP contribution in [0.2, 0.25) is 0 Å². The van der Waals surface area contributed by atoms with Gasteiger partial charge in [-0.2, -0.15) is 0 Å². The van der Waals surface area contributed by atoms with Gasteiger partial charge in [0.25, 0.3) is 11.8 Å². The first-order chi connectivity index (χ1) is 17.8. The molecule has 3 unspecified atom stereocenters. The van der Waals surface area contributed by atoms with E-state index in [9.17, 15) is 14.4 Å². The first-order valence-electron chi connectivity index (χ1n) is 12.4. The topological polar surface area (TPSA) is 101 Å². The Hall–Kier alpha value is -3.90. The maximum absolute atomic E-state index is 13.6. The second-order valence-corrected chi connectivity index (χ2v) is 10.2. The van der Waals surface area contributed by atoms with E-state index in [-0.39, 0.29) is 31.3 Å². The smallest absolute Gasteiger partial charge is 0.255 e. The highest BCUT2D eigenvalue weighted by atomic mass is 16.5. The number of piperidine rings is 1. The molecule has 6 rings (SSSR count). The van der Waals surface area contributed by atoms with E-state index in [1.165, 1.54) is 0 Å². The summed E-state index contributed by atoms with van der Waals surface area (Å²) in [6.07, 6.45) is 7.47. The normalized spacial score (nSPS) is 31.9. The van der Waals surface area contributed by atoms with E-state index in [1.807, 2.05) is 31.2 Å². The van der Waals surface area contributed by atoms with E-state index in [1.54, 1.807) is 18.2 Å². The van der Waals surface area contributed by atoms with Crippen LogP contribution >= 0.6 is 0 Å². The van der Waals surface area contributed by atoms with Crippen LogP contribution in [0.25, 0.3) is 0 Å². The summed E-state index contributed by atoms with van der Waals surface area (Å²) in [5.41, 5.74) is -0.526. The lowest BCUT2D eigenvalue weighted by atomic mass is 9.82. The Morgan fingerprint density at radius 2 is 2.11 bits per heavy atom. The van der Waals surface area contributed by atoms with E-state index >= 15 is 0 Å². The minimum Gasteiger partial charge on any atom is -0.497 e. The second kappa shape index (κ2) is 8.32. The number of allylic oxidation sites excluding steroid dienone is 2. The summed E-state index contributed by atoms with van der Waals surface area (Å²) in [5.74, 6) is 6.68. The van der Waals surface area contributed by atoms with E-state index < -0.39 is 22.6 Å². The number of aryl methyl sites for hydroxylation is 1. The van der Waals surface area contributed by atoms with Gasteiger partial charge in [0.2, 0.25) is 5.91 Å². The van der Waals surface area contributed by atoms with Gasteiger partial charge in [-0.05, 0) is 30.7 Å². The lowest BCUT2D eigenvalue weighted by molar-refractivity contribution is -0.135. The van der Waals surface area contributed by atoms with Crippen molar-refractivity contribution in [3.8, 4) is 11.8 Å². The van der Waals surface area contributed by atoms with Crippen molar-refractivity contribution in [3.05, 3.63) is 59.5 Å². The van der Waals surface area contributed by atoms with E-state index in [0.717, 1.165) is 24.5 Å². The Kier molecular flexibility index (Phi) is 5.28. The number of aromatic nitrogens is 1. The molecule has 192 valence electrons. The maximum atomic E-state index is 13.6. The van der Waals surface area contributed by atoms with Crippen molar-refractivity contribution in [2.75, 3.05) is 51.4 Å². The first-order valence-corrected chi connectivity index (χ1v) is 12.4. The highest BCUT2D eigenvalue weighted by Crippen LogP contribution is 2.67. The van der Waals surface area contributed by atoms with Gasteiger partial charge in [0.05, 0.1) is 32.3 Å². The van der Waals surface area contributed by atoms with Gasteiger partial charge in [0, 0.05) is 50.2 Å². The molecule has 5 aliphatic rings. The molecule has 1 N–H and O–H groups in total. The third-order valence-electron chi connectivity index (χ3n) is 8.26. The van der Waals surface area contributed by atoms with Crippen molar-refractivity contribution >= 4 is 23.5 Å². The molecule has 37 heavy (non-hydrogen) atoms. The third-order valence-corrected chi connectivity index (χ3v) is 8.26. The number of pyridine rings is 1. The zero-order chi connectivity index (χ0) is 25.9. The van der Waals surface area contributed by atoms with Gasteiger partial charge in [-0.15, -0.1) is 0 Å². The number of carbonyl (C=O) groups is 3. The van der Waals surface area contributed by atoms with Gasteiger partial charge in [-0.3, -0.25) is 19.7 Å². The van der Waals surface area contributed by atoms with Crippen LogP contribution in [0.5, 0.6) is 0 Å². The predicted molar refractivity (Wildman–Crippen MR) is 136 cm³/mol. The molecule has 0 radical (unpaired) electrons. The van der Waals surface area contributed by atoms with Crippen LogP contribution in [-0.2, 0) is 23.9 Å². The Bertz CT molecular complexity index is 1370. The fourth-order valence-corrected chi connectivity index (χ4v) is 6.14. The van der Waals surface area contributed by atoms with Gasteiger partial charge in [0.15, 0.2) is 5.41 Å². The van der Waals surface area contributed by atoms with Crippen LogP contribution in [0, 0.1) is 41.4 Å². The minimum atomic E-state index is -1.52. The summed E-state index contributed by atoms with van der Waals surface area (Å²) in [5, 5.41) is 2.34. The molecule has 0 aromatic carbocycles. The third kappa shape index (κ3) is 3.43. The van der Waals surface area contributed by atoms with Crippen molar-refractivity contribution < 1.29 is 25.3 Å². The molecule has 2 aliphatic carbocycles. The molecule has 4 heterocycles. The second-order valence-electron chi connectivity index (χ2n) is 10.2. The number of carbonyl (C=O) groups excluding carboxylic acids is 3. The highest BCUT2D eigenvalue weighted by Gasteiger charge is 2.74. The molecule has 9 nitrogen and oxygen atoms in total. The van der Waals surface area contributed by atoms with Crippen LogP contribution in [0.1, 0.15) is 12.6 Å². The van der Waals surface area contributed by atoms with Crippen molar-refractivity contribution in [3.63, 3.8) is 0 Å². The number of likely N-dealkylation sites (tertiary alicyclic amines) is 1. The largest absolute Gasteiger partial charge is 0.497 e. The lowest BCUT2D eigenvalue weighted by Gasteiger charge is -2.30. The number of fused-ring (bicyclic) bond motifs is 1. The number of hydrogen-bond donors (Lipinski definition) is 1. The molecule has 4 atom stereocenters. The highest BCUT2D eigenvalue weighted by molar-refractivity contribution is 6.18. The van der Waals surface area contributed by atoms with Gasteiger partial charge in [0.1, 0.15) is 11.6 Å². The van der Waals surface area contributed by atoms with Crippen molar-refractivity contribution in [1.29, 1.82) is 0 Å². The molecule has 1 saturated carbocycles. The number of anilines is 1. The molecule has 3 aliphatic heterocycles. The van der Waals surface area contributed by atoms with Gasteiger partial charge in [-0.25, -0.2) is 4.98 Å². The van der Waals surface area contributed by atoms with Crippen LogP contribution in [-0.4, -0.2) is 74.1 Å². The average molecular weight is 503 g/mol. The van der Waals surface area contributed by atoms with Crippen LogP contribution in [0.4, 0.5) is 5.82 Å². The zero-order valence-corrected chi connectivity index (χ0v) is 20.9. The van der Waals surface area contributed by atoms with E-state index in [2.05, 4.69) is 33.6 Å². The Labute approximate surface area is 216 Å². The summed E-state index contributed by atoms with van der Waals surface area (Å²) in [4.78, 5) is 47.6. The molecule has 1 aromatic heterocycles. The number of nitrogens with zero attached hydrogens (tertiary/aromatic N) is 3. The van der Waals surface area contributed by atoms with E-state index in [4.69, 9.17) is 9.47 Å². The van der Waals surface area contributed by atoms with Crippen LogP contribution < -0.4 is 10.2 Å². The standard InChI is InChI=1S/C28H28N4O5.H2/c1-17-12-19(14-29-23(17)31-8-10-37-11-9-31)6-7-27(18(2)24(33)30-25(27)34)16-32-15-22-21-5-4-20(36-3)13-28(21,22)26(32)35;/h4-5,12-14,21-22H,2,8-11,15-16H2,1,3H3,(H,30,33,34);1H/t21?,22?,27-,28?;/m0./s1. The molecule has 1 spiro atoms. The molecule has 9 heteroatoms. The number of nitrogens with one attached hydrogen (secondary N) is 1. The van der Waals surface area contributed by atoms with Gasteiger partial charge < -0.3 is 19.3 Å². The van der Waals surface area contributed by atoms with Gasteiger partial charge in [-0.1, -0.05) is 24.5 Å². The fraction of sp³-hybridized carbons (Fsp3) is 0.429. The van der Waals surface area contributed by atoms with Crippen LogP contribution in [0.3, 0.4) is 0 Å². The van der Waals surface area contributed by atoms with Crippen molar-refractivity contribution in [2.45, 2.75) is 6.92 Å². The number of methoxy groups -OCH3 is 1. The number of morpholine rings is 1. The minimum absolute atomic E-state index is 0. The van der Waals surface area contributed by atoms with Crippen molar-refractivity contribution in [1.82, 2.24) is 15.2 Å². The SMILES string of the molecule is C=C1C(=O)NC(=O)[C@@]1(C#Cc1cnc(N2CCOCC2)c(C)c1)CN1CC2C3C=CC(OC)=CC32C1=O.[HH]. The predicted octanol–water partition coefficient (Wildman–Crippen LogP) is 1.20. The maximum Gasteiger partial charge on any atom is 0.255 e. The van der Waals surface area contributed by atoms with Crippen LogP contribution in [0.15, 0.2) is 48.4 Å². The molecule has 4 fully saturated rings. The summed E-state index contributed by atoms with van der Waals surface area (Å²) >= 11 is 0. The number of amides is 3. The fourth-order valence-electron chi connectivity index (χ4n) is 6.14. The molecule has 1 aromatic rings. The molecular formula is C28H30N4O5. The quantitative estimate of drug-likeness (QED) is 0.375. The Morgan fingerprint density at radius 1 is 1.32 bits per heavy atom.